The maximum Gasteiger partial charge on any atom is 0.138 e. The molecule has 1 aromatic rings. The molecule has 1 unspecified atom stereocenters. The zero-order valence-electron chi connectivity index (χ0n) is 12.7. The van der Waals surface area contributed by atoms with Gasteiger partial charge in [-0.05, 0) is 43.5 Å². The van der Waals surface area contributed by atoms with Crippen molar-refractivity contribution in [2.24, 2.45) is 0 Å². The summed E-state index contributed by atoms with van der Waals surface area (Å²) in [5.74, 6) is 4.88. The van der Waals surface area contributed by atoms with Crippen molar-refractivity contribution in [3.05, 3.63) is 35.1 Å². The van der Waals surface area contributed by atoms with Crippen molar-refractivity contribution in [3.8, 4) is 11.8 Å². The number of hydrogen-bond donors (Lipinski definition) is 1. The Hall–Kier alpha value is -1.37. The predicted octanol–water partition coefficient (Wildman–Crippen LogP) is 3.32. The summed E-state index contributed by atoms with van der Waals surface area (Å²) in [6, 6.07) is 5.79. The van der Waals surface area contributed by atoms with Crippen LogP contribution in [0.3, 0.4) is 0 Å². The van der Waals surface area contributed by atoms with E-state index in [1.165, 1.54) is 38.2 Å². The predicted molar refractivity (Wildman–Crippen MR) is 83.3 cm³/mol. The number of likely N-dealkylation sites (tertiary alicyclic amines) is 1. The Labute approximate surface area is 127 Å². The minimum atomic E-state index is -0.316. The van der Waals surface area contributed by atoms with E-state index in [9.17, 15) is 4.39 Å². The second-order valence-electron chi connectivity index (χ2n) is 5.68. The second kappa shape index (κ2) is 8.17. The standard InChI is InChI=1S/C18H24FNO/c1-2-6-17-8-3-4-11-20(17)14-15-9-10-18(19)16(13-15)7-5-12-21/h9-10,13,17,21H,2-4,6,8,11-12,14H2,1H3. The number of hydrogen-bond acceptors (Lipinski definition) is 2. The number of halogens is 1. The summed E-state index contributed by atoms with van der Waals surface area (Å²) in [5.41, 5.74) is 1.48. The van der Waals surface area contributed by atoms with Crippen LogP contribution in [0.5, 0.6) is 0 Å². The zero-order valence-corrected chi connectivity index (χ0v) is 12.7. The third kappa shape index (κ3) is 4.56. The molecule has 1 N–H and O–H groups in total. The first-order valence-electron chi connectivity index (χ1n) is 7.86. The van der Waals surface area contributed by atoms with Gasteiger partial charge in [0.25, 0.3) is 0 Å². The van der Waals surface area contributed by atoms with Gasteiger partial charge < -0.3 is 5.11 Å². The van der Waals surface area contributed by atoms with Crippen LogP contribution in [-0.4, -0.2) is 29.2 Å². The van der Waals surface area contributed by atoms with Crippen molar-refractivity contribution in [1.82, 2.24) is 4.90 Å². The van der Waals surface area contributed by atoms with Gasteiger partial charge in [-0.2, -0.15) is 0 Å². The van der Waals surface area contributed by atoms with Crippen molar-refractivity contribution < 1.29 is 9.50 Å². The molecule has 1 saturated heterocycles. The number of piperidine rings is 1. The molecular formula is C18H24FNO. The topological polar surface area (TPSA) is 23.5 Å². The molecule has 3 heteroatoms. The normalized spacial score (nSPS) is 19.1. The Kier molecular flexibility index (Phi) is 6.22. The Morgan fingerprint density at radius 1 is 1.38 bits per heavy atom. The number of aliphatic hydroxyl groups is 1. The molecule has 1 fully saturated rings. The van der Waals surface area contributed by atoms with Crippen LogP contribution in [0.1, 0.15) is 50.2 Å². The minimum Gasteiger partial charge on any atom is -0.384 e. The molecule has 0 radical (unpaired) electrons. The number of benzene rings is 1. The molecule has 1 heterocycles. The van der Waals surface area contributed by atoms with Gasteiger partial charge in [0.2, 0.25) is 0 Å². The van der Waals surface area contributed by atoms with Gasteiger partial charge >= 0.3 is 0 Å². The van der Waals surface area contributed by atoms with Crippen LogP contribution in [0.15, 0.2) is 18.2 Å². The first kappa shape index (κ1) is 16.0. The van der Waals surface area contributed by atoms with Crippen LogP contribution in [0, 0.1) is 17.7 Å². The summed E-state index contributed by atoms with van der Waals surface area (Å²) in [4.78, 5) is 2.52. The molecule has 21 heavy (non-hydrogen) atoms. The molecular weight excluding hydrogens is 265 g/mol. The van der Waals surface area contributed by atoms with Crippen molar-refractivity contribution >= 4 is 0 Å². The number of nitrogens with zero attached hydrogens (tertiary/aromatic N) is 1. The van der Waals surface area contributed by atoms with Gasteiger partial charge in [0.05, 0.1) is 5.56 Å². The van der Waals surface area contributed by atoms with Crippen LogP contribution in [0.2, 0.25) is 0 Å². The lowest BCUT2D eigenvalue weighted by Gasteiger charge is -2.35. The van der Waals surface area contributed by atoms with Crippen molar-refractivity contribution in [1.29, 1.82) is 0 Å². The molecule has 0 aromatic heterocycles. The van der Waals surface area contributed by atoms with Gasteiger partial charge in [0.1, 0.15) is 12.4 Å². The number of aliphatic hydroxyl groups excluding tert-OH is 1. The summed E-state index contributed by atoms with van der Waals surface area (Å²) in [6.07, 6.45) is 6.28. The lowest BCUT2D eigenvalue weighted by atomic mass is 9.97. The largest absolute Gasteiger partial charge is 0.384 e. The Morgan fingerprint density at radius 2 is 2.24 bits per heavy atom. The van der Waals surface area contributed by atoms with E-state index in [-0.39, 0.29) is 12.4 Å². The van der Waals surface area contributed by atoms with Gasteiger partial charge in [0, 0.05) is 12.6 Å². The zero-order chi connectivity index (χ0) is 15.1. The summed E-state index contributed by atoms with van der Waals surface area (Å²) in [5, 5.41) is 8.74. The van der Waals surface area contributed by atoms with Crippen LogP contribution in [-0.2, 0) is 6.54 Å². The molecule has 1 aliphatic rings. The van der Waals surface area contributed by atoms with E-state index in [2.05, 4.69) is 23.7 Å². The van der Waals surface area contributed by atoms with Gasteiger partial charge in [0.15, 0.2) is 0 Å². The Bertz CT molecular complexity index is 516. The molecule has 1 aliphatic heterocycles. The number of rotatable bonds is 4. The molecule has 1 aromatic carbocycles. The summed E-state index contributed by atoms with van der Waals surface area (Å²) in [6.45, 7) is 3.97. The molecule has 2 rings (SSSR count). The molecule has 2 nitrogen and oxygen atoms in total. The highest BCUT2D eigenvalue weighted by Gasteiger charge is 2.21. The van der Waals surface area contributed by atoms with Crippen molar-refractivity contribution in [2.75, 3.05) is 13.2 Å². The van der Waals surface area contributed by atoms with Gasteiger partial charge in [-0.1, -0.05) is 37.7 Å². The van der Waals surface area contributed by atoms with Crippen LogP contribution < -0.4 is 0 Å². The molecule has 0 bridgehead atoms. The first-order valence-corrected chi connectivity index (χ1v) is 7.86. The van der Waals surface area contributed by atoms with Gasteiger partial charge in [-0.3, -0.25) is 4.90 Å². The molecule has 0 amide bonds. The maximum atomic E-state index is 13.7. The van der Waals surface area contributed by atoms with Crippen LogP contribution in [0.4, 0.5) is 4.39 Å². The third-order valence-electron chi connectivity index (χ3n) is 4.09. The Morgan fingerprint density at radius 3 is 3.00 bits per heavy atom. The monoisotopic (exact) mass is 289 g/mol. The SMILES string of the molecule is CCCC1CCCCN1Cc1ccc(F)c(C#CCO)c1. The highest BCUT2D eigenvalue weighted by molar-refractivity contribution is 5.38. The van der Waals surface area contributed by atoms with E-state index in [1.807, 2.05) is 12.1 Å². The smallest absolute Gasteiger partial charge is 0.138 e. The van der Waals surface area contributed by atoms with E-state index in [0.717, 1.165) is 18.7 Å². The minimum absolute atomic E-state index is 0.242. The average Bonchev–Trinajstić information content (AvgIpc) is 2.50. The fourth-order valence-electron chi connectivity index (χ4n) is 3.06. The lowest BCUT2D eigenvalue weighted by Crippen LogP contribution is -2.38. The quantitative estimate of drug-likeness (QED) is 0.860. The molecule has 1 atom stereocenters. The fraction of sp³-hybridized carbons (Fsp3) is 0.556. The fourth-order valence-corrected chi connectivity index (χ4v) is 3.06. The highest BCUT2D eigenvalue weighted by atomic mass is 19.1. The molecule has 114 valence electrons. The van der Waals surface area contributed by atoms with E-state index in [1.54, 1.807) is 0 Å². The lowest BCUT2D eigenvalue weighted by molar-refractivity contribution is 0.131. The van der Waals surface area contributed by atoms with Crippen molar-refractivity contribution in [3.63, 3.8) is 0 Å². The van der Waals surface area contributed by atoms with Gasteiger partial charge in [-0.15, -0.1) is 0 Å². The Balaban J connectivity index is 2.10. The molecule has 0 spiro atoms. The summed E-state index contributed by atoms with van der Waals surface area (Å²) >= 11 is 0. The van der Waals surface area contributed by atoms with E-state index >= 15 is 0 Å². The summed E-state index contributed by atoms with van der Waals surface area (Å²) in [7, 11) is 0. The maximum absolute atomic E-state index is 13.7. The van der Waals surface area contributed by atoms with Gasteiger partial charge in [-0.25, -0.2) is 4.39 Å². The highest BCUT2D eigenvalue weighted by Crippen LogP contribution is 2.23. The second-order valence-corrected chi connectivity index (χ2v) is 5.68. The van der Waals surface area contributed by atoms with Crippen LogP contribution >= 0.6 is 0 Å². The summed E-state index contributed by atoms with van der Waals surface area (Å²) < 4.78 is 13.7. The van der Waals surface area contributed by atoms with E-state index in [4.69, 9.17) is 5.11 Å². The molecule has 0 aliphatic carbocycles. The first-order chi connectivity index (χ1) is 10.2. The van der Waals surface area contributed by atoms with Crippen molar-refractivity contribution in [2.45, 2.75) is 51.6 Å². The molecule has 0 saturated carbocycles. The average molecular weight is 289 g/mol. The third-order valence-corrected chi connectivity index (χ3v) is 4.09. The van der Waals surface area contributed by atoms with E-state index in [0.29, 0.717) is 11.6 Å². The van der Waals surface area contributed by atoms with Crippen LogP contribution in [0.25, 0.3) is 0 Å². The van der Waals surface area contributed by atoms with E-state index < -0.39 is 0 Å².